The van der Waals surface area contributed by atoms with Crippen molar-refractivity contribution < 1.29 is 29.0 Å². The molecule has 5 rings (SSSR count). The summed E-state index contributed by atoms with van der Waals surface area (Å²) in [6, 6.07) is 15.6. The van der Waals surface area contributed by atoms with E-state index in [1.807, 2.05) is 30.3 Å². The molecule has 1 fully saturated rings. The molecule has 1 saturated heterocycles. The Morgan fingerprint density at radius 3 is 2.59 bits per heavy atom. The van der Waals surface area contributed by atoms with Crippen LogP contribution in [0, 0.1) is 0 Å². The standard InChI is InChI=1S/C27H24N4O6/c1-37-23-12-16(11-19-20(23)15-31(26(19)34)22-9-10-24(32)29-25(22)33)14-30(27(35)36)18-7-8-21(28-13-18)17-5-3-2-4-6-17/h2-8,11-13,22H,9-10,14-15H2,1H3,(H,35,36)(H,29,32,33). The normalized spacial score (nSPS) is 16.8. The summed E-state index contributed by atoms with van der Waals surface area (Å²) in [4.78, 5) is 56.3. The van der Waals surface area contributed by atoms with Gasteiger partial charge in [-0.15, -0.1) is 0 Å². The topological polar surface area (TPSA) is 129 Å². The number of hydrogen-bond acceptors (Lipinski definition) is 6. The monoisotopic (exact) mass is 500 g/mol. The number of rotatable bonds is 6. The number of pyridine rings is 1. The second-order valence-electron chi connectivity index (χ2n) is 8.86. The van der Waals surface area contributed by atoms with Crippen LogP contribution in [-0.4, -0.2) is 52.0 Å². The van der Waals surface area contributed by atoms with Crippen LogP contribution in [-0.2, 0) is 22.7 Å². The summed E-state index contributed by atoms with van der Waals surface area (Å²) in [6.45, 7) is 0.119. The maximum absolute atomic E-state index is 13.3. The largest absolute Gasteiger partial charge is 0.496 e. The second kappa shape index (κ2) is 9.73. The van der Waals surface area contributed by atoms with Crippen LogP contribution in [0.25, 0.3) is 11.3 Å². The summed E-state index contributed by atoms with van der Waals surface area (Å²) < 4.78 is 5.53. The van der Waals surface area contributed by atoms with Crippen LogP contribution in [0.2, 0.25) is 0 Å². The molecule has 2 aliphatic rings. The van der Waals surface area contributed by atoms with Gasteiger partial charge in [-0.2, -0.15) is 0 Å². The number of piperidine rings is 1. The van der Waals surface area contributed by atoms with E-state index in [0.717, 1.165) is 10.5 Å². The summed E-state index contributed by atoms with van der Waals surface area (Å²) in [5.41, 5.74) is 3.52. The van der Waals surface area contributed by atoms with Crippen molar-refractivity contribution in [2.45, 2.75) is 32.0 Å². The third-order valence-electron chi connectivity index (χ3n) is 6.60. The predicted molar refractivity (Wildman–Crippen MR) is 133 cm³/mol. The van der Waals surface area contributed by atoms with Gasteiger partial charge in [0.05, 0.1) is 37.8 Å². The highest BCUT2D eigenvalue weighted by atomic mass is 16.5. The van der Waals surface area contributed by atoms with Crippen molar-refractivity contribution in [3.05, 3.63) is 77.5 Å². The highest BCUT2D eigenvalue weighted by molar-refractivity contribution is 6.05. The van der Waals surface area contributed by atoms with Gasteiger partial charge in [-0.3, -0.25) is 29.6 Å². The molecule has 3 heterocycles. The van der Waals surface area contributed by atoms with Crippen molar-refractivity contribution in [3.63, 3.8) is 0 Å². The third-order valence-corrected chi connectivity index (χ3v) is 6.60. The van der Waals surface area contributed by atoms with Crippen molar-refractivity contribution in [1.82, 2.24) is 15.2 Å². The Balaban J connectivity index is 1.41. The fourth-order valence-corrected chi connectivity index (χ4v) is 4.74. The summed E-state index contributed by atoms with van der Waals surface area (Å²) in [5.74, 6) is -0.788. The third kappa shape index (κ3) is 4.61. The first kappa shape index (κ1) is 24.0. The van der Waals surface area contributed by atoms with E-state index in [1.165, 1.54) is 18.2 Å². The minimum atomic E-state index is -1.18. The highest BCUT2D eigenvalue weighted by Crippen LogP contribution is 2.35. The lowest BCUT2D eigenvalue weighted by Gasteiger charge is -2.29. The molecule has 2 aliphatic heterocycles. The van der Waals surface area contributed by atoms with E-state index in [-0.39, 0.29) is 37.7 Å². The van der Waals surface area contributed by atoms with Gasteiger partial charge in [-0.05, 0) is 36.2 Å². The van der Waals surface area contributed by atoms with E-state index in [4.69, 9.17) is 4.74 Å². The Bertz CT molecular complexity index is 1390. The molecule has 0 saturated carbocycles. The molecule has 1 atom stereocenters. The van der Waals surface area contributed by atoms with Gasteiger partial charge in [0.1, 0.15) is 11.8 Å². The highest BCUT2D eigenvalue weighted by Gasteiger charge is 2.40. The van der Waals surface area contributed by atoms with E-state index in [0.29, 0.717) is 33.8 Å². The van der Waals surface area contributed by atoms with Gasteiger partial charge in [-0.25, -0.2) is 4.79 Å². The first-order valence-corrected chi connectivity index (χ1v) is 11.7. The molecule has 37 heavy (non-hydrogen) atoms. The fraction of sp³-hybridized carbons (Fsp3) is 0.222. The van der Waals surface area contributed by atoms with E-state index < -0.39 is 18.0 Å². The molecule has 10 heteroatoms. The number of aromatic nitrogens is 1. The quantitative estimate of drug-likeness (QED) is 0.497. The van der Waals surface area contributed by atoms with Gasteiger partial charge in [0.25, 0.3) is 5.91 Å². The average molecular weight is 501 g/mol. The molecule has 1 unspecified atom stereocenters. The number of carbonyl (C=O) groups excluding carboxylic acids is 3. The zero-order chi connectivity index (χ0) is 26.1. The van der Waals surface area contributed by atoms with E-state index >= 15 is 0 Å². The lowest BCUT2D eigenvalue weighted by atomic mass is 10.0. The number of nitrogens with zero attached hydrogens (tertiary/aromatic N) is 3. The summed E-state index contributed by atoms with van der Waals surface area (Å²) >= 11 is 0. The summed E-state index contributed by atoms with van der Waals surface area (Å²) in [7, 11) is 1.47. The Hall–Kier alpha value is -4.73. The molecule has 1 aromatic heterocycles. The summed E-state index contributed by atoms with van der Waals surface area (Å²) in [5, 5.41) is 12.2. The van der Waals surface area contributed by atoms with E-state index in [1.54, 1.807) is 24.3 Å². The first-order valence-electron chi connectivity index (χ1n) is 11.7. The van der Waals surface area contributed by atoms with Crippen molar-refractivity contribution in [1.29, 1.82) is 0 Å². The minimum Gasteiger partial charge on any atom is -0.496 e. The Kier molecular flexibility index (Phi) is 6.31. The van der Waals surface area contributed by atoms with Gasteiger partial charge >= 0.3 is 6.09 Å². The molecule has 0 radical (unpaired) electrons. The number of imide groups is 1. The van der Waals surface area contributed by atoms with Gasteiger partial charge in [0.2, 0.25) is 11.8 Å². The van der Waals surface area contributed by atoms with Gasteiger partial charge in [0, 0.05) is 23.1 Å². The van der Waals surface area contributed by atoms with Crippen molar-refractivity contribution in [2.24, 2.45) is 0 Å². The molecule has 188 valence electrons. The van der Waals surface area contributed by atoms with Crippen molar-refractivity contribution in [3.8, 4) is 17.0 Å². The smallest absolute Gasteiger partial charge is 0.412 e. The SMILES string of the molecule is COc1cc(CN(C(=O)O)c2ccc(-c3ccccc3)nc2)cc2c1CN(C1CCC(=O)NC1=O)C2=O. The Morgan fingerprint density at radius 2 is 1.95 bits per heavy atom. The minimum absolute atomic E-state index is 0.0446. The molecule has 0 bridgehead atoms. The number of benzene rings is 2. The van der Waals surface area contributed by atoms with Crippen LogP contribution in [0.3, 0.4) is 0 Å². The number of fused-ring (bicyclic) bond motifs is 1. The average Bonchev–Trinajstić information content (AvgIpc) is 3.23. The van der Waals surface area contributed by atoms with Crippen LogP contribution in [0.5, 0.6) is 5.75 Å². The van der Waals surface area contributed by atoms with E-state index in [9.17, 15) is 24.3 Å². The van der Waals surface area contributed by atoms with Crippen LogP contribution >= 0.6 is 0 Å². The number of hydrogen-bond donors (Lipinski definition) is 2. The van der Waals surface area contributed by atoms with Gasteiger partial charge < -0.3 is 14.7 Å². The number of methoxy groups -OCH3 is 1. The maximum atomic E-state index is 13.3. The molecule has 10 nitrogen and oxygen atoms in total. The Labute approximate surface area is 212 Å². The van der Waals surface area contributed by atoms with Crippen LogP contribution < -0.4 is 15.0 Å². The zero-order valence-corrected chi connectivity index (χ0v) is 20.0. The molecule has 0 aliphatic carbocycles. The molecular weight excluding hydrogens is 476 g/mol. The Morgan fingerprint density at radius 1 is 1.16 bits per heavy atom. The maximum Gasteiger partial charge on any atom is 0.412 e. The molecular formula is C27H24N4O6. The number of amides is 4. The lowest BCUT2D eigenvalue weighted by molar-refractivity contribution is -0.136. The van der Waals surface area contributed by atoms with Crippen LogP contribution in [0.4, 0.5) is 10.5 Å². The first-order chi connectivity index (χ1) is 17.9. The molecule has 2 aromatic carbocycles. The van der Waals surface area contributed by atoms with Crippen molar-refractivity contribution >= 4 is 29.5 Å². The number of nitrogens with one attached hydrogen (secondary N) is 1. The molecule has 0 spiro atoms. The number of carboxylic acid groups (broad SMARTS) is 1. The van der Waals surface area contributed by atoms with Crippen LogP contribution in [0.15, 0.2) is 60.8 Å². The van der Waals surface area contributed by atoms with Gasteiger partial charge in [0.15, 0.2) is 0 Å². The summed E-state index contributed by atoms with van der Waals surface area (Å²) in [6.07, 6.45) is 0.726. The number of anilines is 1. The lowest BCUT2D eigenvalue weighted by Crippen LogP contribution is -2.52. The van der Waals surface area contributed by atoms with Crippen molar-refractivity contribution in [2.75, 3.05) is 12.0 Å². The fourth-order valence-electron chi connectivity index (χ4n) is 4.74. The van der Waals surface area contributed by atoms with Crippen LogP contribution in [0.1, 0.15) is 34.3 Å². The second-order valence-corrected chi connectivity index (χ2v) is 8.86. The number of ether oxygens (including phenoxy) is 1. The molecule has 4 amide bonds. The molecule has 3 aromatic rings. The zero-order valence-electron chi connectivity index (χ0n) is 20.0. The molecule has 2 N–H and O–H groups in total. The van der Waals surface area contributed by atoms with E-state index in [2.05, 4.69) is 10.3 Å². The predicted octanol–water partition coefficient (Wildman–Crippen LogP) is 3.20. The van der Waals surface area contributed by atoms with Gasteiger partial charge in [-0.1, -0.05) is 30.3 Å². The number of carbonyl (C=O) groups is 4.